The van der Waals surface area contributed by atoms with Gasteiger partial charge in [-0.1, -0.05) is 0 Å². The van der Waals surface area contributed by atoms with E-state index in [1.165, 1.54) is 11.3 Å². The van der Waals surface area contributed by atoms with Gasteiger partial charge in [0.2, 0.25) is 10.0 Å². The minimum atomic E-state index is -3.61. The van der Waals surface area contributed by atoms with Gasteiger partial charge in [-0.15, -0.1) is 11.3 Å². The van der Waals surface area contributed by atoms with Crippen LogP contribution in [0.1, 0.15) is 5.56 Å². The molecular weight excluding hydrogens is 446 g/mol. The topological polar surface area (TPSA) is 99.3 Å². The Bertz CT molecular complexity index is 1360. The van der Waals surface area contributed by atoms with E-state index in [-0.39, 0.29) is 0 Å². The lowest BCUT2D eigenvalue weighted by Crippen LogP contribution is -2.43. The van der Waals surface area contributed by atoms with Gasteiger partial charge in [-0.05, 0) is 42.3 Å². The number of rotatable bonds is 7. The lowest BCUT2D eigenvalue weighted by Gasteiger charge is -2.28. The molecule has 0 bridgehead atoms. The standard InChI is InChI=1S/C22H25N5O3S2/c1-30-16-2-3-19-17(12-16)15(14-25-19)4-7-26-32(28,29)21-13-18-20(31-21)5-6-24-22(18)27-10-8-23-9-11-27/h2-3,5-6,12-14,23,25-26H,4,7-11H2,1H3. The molecule has 4 heterocycles. The highest BCUT2D eigenvalue weighted by Crippen LogP contribution is 2.34. The number of hydrogen-bond donors (Lipinski definition) is 3. The molecule has 0 saturated carbocycles. The van der Waals surface area contributed by atoms with E-state index in [0.717, 1.165) is 64.3 Å². The molecule has 32 heavy (non-hydrogen) atoms. The summed E-state index contributed by atoms with van der Waals surface area (Å²) in [5.74, 6) is 1.63. The number of H-pyrrole nitrogens is 1. The molecule has 1 fully saturated rings. The molecule has 1 aliphatic rings. The van der Waals surface area contributed by atoms with Crippen molar-refractivity contribution in [3.8, 4) is 5.75 Å². The van der Waals surface area contributed by atoms with Gasteiger partial charge >= 0.3 is 0 Å². The van der Waals surface area contributed by atoms with Gasteiger partial charge in [0.15, 0.2) is 0 Å². The van der Waals surface area contributed by atoms with Gasteiger partial charge < -0.3 is 19.9 Å². The molecule has 5 rings (SSSR count). The van der Waals surface area contributed by atoms with Crippen molar-refractivity contribution in [2.75, 3.05) is 44.7 Å². The van der Waals surface area contributed by atoms with Crippen molar-refractivity contribution in [2.24, 2.45) is 0 Å². The fourth-order valence-corrected chi connectivity index (χ4v) is 6.52. The maximum Gasteiger partial charge on any atom is 0.250 e. The second-order valence-electron chi connectivity index (χ2n) is 7.72. The molecule has 0 unspecified atom stereocenters. The number of benzene rings is 1. The van der Waals surface area contributed by atoms with E-state index in [2.05, 4.69) is 24.9 Å². The molecule has 0 radical (unpaired) electrons. The van der Waals surface area contributed by atoms with Crippen molar-refractivity contribution in [1.82, 2.24) is 20.0 Å². The number of methoxy groups -OCH3 is 1. The predicted molar refractivity (Wildman–Crippen MR) is 128 cm³/mol. The first-order valence-electron chi connectivity index (χ1n) is 10.5. The number of hydrogen-bond acceptors (Lipinski definition) is 7. The lowest BCUT2D eigenvalue weighted by molar-refractivity contribution is 0.415. The van der Waals surface area contributed by atoms with E-state index in [1.807, 2.05) is 30.5 Å². The summed E-state index contributed by atoms with van der Waals surface area (Å²) in [4.78, 5) is 9.98. The first-order chi connectivity index (χ1) is 15.5. The van der Waals surface area contributed by atoms with Crippen LogP contribution in [0.3, 0.4) is 0 Å². The van der Waals surface area contributed by atoms with Crippen molar-refractivity contribution in [2.45, 2.75) is 10.6 Å². The average Bonchev–Trinajstić information content (AvgIpc) is 3.44. The van der Waals surface area contributed by atoms with Gasteiger partial charge in [0.1, 0.15) is 15.8 Å². The lowest BCUT2D eigenvalue weighted by atomic mass is 10.1. The third kappa shape index (κ3) is 4.06. The smallest absolute Gasteiger partial charge is 0.250 e. The van der Waals surface area contributed by atoms with Crippen LogP contribution >= 0.6 is 11.3 Å². The largest absolute Gasteiger partial charge is 0.497 e. The molecule has 0 spiro atoms. The number of fused-ring (bicyclic) bond motifs is 2. The summed E-state index contributed by atoms with van der Waals surface area (Å²) in [6, 6.07) is 9.46. The van der Waals surface area contributed by atoms with Crippen LogP contribution in [0.15, 0.2) is 46.9 Å². The van der Waals surface area contributed by atoms with Crippen molar-refractivity contribution < 1.29 is 13.2 Å². The van der Waals surface area contributed by atoms with Crippen molar-refractivity contribution in [3.63, 3.8) is 0 Å². The Hall–Kier alpha value is -2.66. The number of nitrogens with one attached hydrogen (secondary N) is 3. The van der Waals surface area contributed by atoms with Gasteiger partial charge in [-0.2, -0.15) is 0 Å². The summed E-state index contributed by atoms with van der Waals surface area (Å²) in [5, 5.41) is 5.26. The van der Waals surface area contributed by atoms with Crippen LogP contribution in [0.5, 0.6) is 5.75 Å². The van der Waals surface area contributed by atoms with Gasteiger partial charge in [0, 0.05) is 66.1 Å². The Kier molecular flexibility index (Phi) is 5.76. The quantitative estimate of drug-likeness (QED) is 0.383. The third-order valence-electron chi connectivity index (χ3n) is 5.74. The summed E-state index contributed by atoms with van der Waals surface area (Å²) >= 11 is 1.28. The van der Waals surface area contributed by atoms with E-state index >= 15 is 0 Å². The Morgan fingerprint density at radius 2 is 2.03 bits per heavy atom. The van der Waals surface area contributed by atoms with E-state index in [9.17, 15) is 8.42 Å². The van der Waals surface area contributed by atoms with E-state index in [0.29, 0.717) is 17.2 Å². The Balaban J connectivity index is 1.34. The van der Waals surface area contributed by atoms with Crippen molar-refractivity contribution in [3.05, 3.63) is 48.3 Å². The summed E-state index contributed by atoms with van der Waals surface area (Å²) in [5.41, 5.74) is 2.05. The highest BCUT2D eigenvalue weighted by Gasteiger charge is 2.21. The molecule has 3 aromatic heterocycles. The number of ether oxygens (including phenoxy) is 1. The fraction of sp³-hybridized carbons (Fsp3) is 0.318. The molecule has 0 aliphatic carbocycles. The molecule has 10 heteroatoms. The number of piperazine rings is 1. The number of pyridine rings is 1. The van der Waals surface area contributed by atoms with E-state index < -0.39 is 10.0 Å². The Morgan fingerprint density at radius 1 is 1.19 bits per heavy atom. The number of thiophene rings is 1. The van der Waals surface area contributed by atoms with Crippen LogP contribution in [0, 0.1) is 0 Å². The second kappa shape index (κ2) is 8.70. The number of aromatic nitrogens is 2. The zero-order chi connectivity index (χ0) is 22.1. The highest BCUT2D eigenvalue weighted by atomic mass is 32.2. The Morgan fingerprint density at radius 3 is 2.84 bits per heavy atom. The first kappa shape index (κ1) is 21.2. The predicted octanol–water partition coefficient (Wildman–Crippen LogP) is 2.72. The van der Waals surface area contributed by atoms with Gasteiger partial charge in [-0.3, -0.25) is 0 Å². The highest BCUT2D eigenvalue weighted by molar-refractivity contribution is 7.91. The minimum absolute atomic E-state index is 0.309. The van der Waals surface area contributed by atoms with E-state index in [4.69, 9.17) is 4.74 Å². The van der Waals surface area contributed by atoms with Crippen LogP contribution in [-0.4, -0.2) is 58.2 Å². The number of nitrogens with zero attached hydrogens (tertiary/aromatic N) is 2. The average molecular weight is 472 g/mol. The zero-order valence-corrected chi connectivity index (χ0v) is 19.4. The van der Waals surface area contributed by atoms with E-state index in [1.54, 1.807) is 19.4 Å². The number of aromatic amines is 1. The van der Waals surface area contributed by atoms with Gasteiger partial charge in [0.25, 0.3) is 0 Å². The molecule has 4 aromatic rings. The Labute approximate surface area is 190 Å². The van der Waals surface area contributed by atoms with Crippen LogP contribution in [0.2, 0.25) is 0 Å². The van der Waals surface area contributed by atoms with Crippen LogP contribution in [-0.2, 0) is 16.4 Å². The summed E-state index contributed by atoms with van der Waals surface area (Å²) in [6.45, 7) is 3.82. The minimum Gasteiger partial charge on any atom is -0.497 e. The normalized spacial score (nSPS) is 15.0. The monoisotopic (exact) mass is 471 g/mol. The second-order valence-corrected chi connectivity index (χ2v) is 10.8. The maximum atomic E-state index is 13.0. The van der Waals surface area contributed by atoms with Gasteiger partial charge in [-0.25, -0.2) is 18.1 Å². The maximum absolute atomic E-state index is 13.0. The summed E-state index contributed by atoms with van der Waals surface area (Å²) in [6.07, 6.45) is 4.25. The third-order valence-corrected chi connectivity index (χ3v) is 8.78. The number of anilines is 1. The summed E-state index contributed by atoms with van der Waals surface area (Å²) < 4.78 is 35.3. The molecular formula is C22H25N5O3S2. The molecule has 0 amide bonds. The van der Waals surface area contributed by atoms with Crippen LogP contribution in [0.4, 0.5) is 5.82 Å². The number of sulfonamides is 1. The molecule has 1 aromatic carbocycles. The molecule has 3 N–H and O–H groups in total. The first-order valence-corrected chi connectivity index (χ1v) is 12.8. The van der Waals surface area contributed by atoms with Crippen LogP contribution < -0.4 is 19.7 Å². The molecule has 8 nitrogen and oxygen atoms in total. The SMILES string of the molecule is COc1ccc2[nH]cc(CCNS(=O)(=O)c3cc4c(N5CCNCC5)nccc4s3)c2c1. The van der Waals surface area contributed by atoms with Crippen molar-refractivity contribution in [1.29, 1.82) is 0 Å². The van der Waals surface area contributed by atoms with Crippen LogP contribution in [0.25, 0.3) is 21.0 Å². The molecule has 168 valence electrons. The van der Waals surface area contributed by atoms with Gasteiger partial charge in [0.05, 0.1) is 7.11 Å². The fourth-order valence-electron chi connectivity index (χ4n) is 4.07. The summed E-state index contributed by atoms with van der Waals surface area (Å²) in [7, 11) is -1.98. The molecule has 1 aliphatic heterocycles. The molecule has 0 atom stereocenters. The molecule has 1 saturated heterocycles. The zero-order valence-electron chi connectivity index (χ0n) is 17.7. The van der Waals surface area contributed by atoms with Crippen molar-refractivity contribution >= 4 is 48.2 Å².